The van der Waals surface area contributed by atoms with Crippen LogP contribution in [0.15, 0.2) is 60.9 Å². The predicted octanol–water partition coefficient (Wildman–Crippen LogP) is 2.76. The van der Waals surface area contributed by atoms with Crippen LogP contribution >= 0.6 is 0 Å². The van der Waals surface area contributed by atoms with Crippen LogP contribution in [0.25, 0.3) is 0 Å². The second kappa shape index (κ2) is 8.36. The molecule has 29 heavy (non-hydrogen) atoms. The van der Waals surface area contributed by atoms with Crippen molar-refractivity contribution in [3.63, 3.8) is 0 Å². The number of aromatic nitrogens is 3. The van der Waals surface area contributed by atoms with Crippen LogP contribution in [0.5, 0.6) is 0 Å². The van der Waals surface area contributed by atoms with Gasteiger partial charge in [0.05, 0.1) is 18.9 Å². The molecule has 0 saturated carbocycles. The van der Waals surface area contributed by atoms with Gasteiger partial charge in [0.25, 0.3) is 0 Å². The smallest absolute Gasteiger partial charge is 0.234 e. The van der Waals surface area contributed by atoms with Gasteiger partial charge in [-0.3, -0.25) is 9.78 Å². The number of hydrogen-bond acceptors (Lipinski definition) is 6. The van der Waals surface area contributed by atoms with Gasteiger partial charge in [-0.15, -0.1) is 0 Å². The van der Waals surface area contributed by atoms with Crippen molar-refractivity contribution < 1.29 is 9.53 Å². The highest BCUT2D eigenvalue weighted by Gasteiger charge is 2.41. The number of fused-ring (bicyclic) bond motifs is 1. The topological polar surface area (TPSA) is 89.0 Å². The first-order valence-corrected chi connectivity index (χ1v) is 9.59. The minimum absolute atomic E-state index is 0.112. The molecule has 1 aromatic carbocycles. The quantitative estimate of drug-likeness (QED) is 0.674. The molecule has 0 spiro atoms. The van der Waals surface area contributed by atoms with Gasteiger partial charge in [0.15, 0.2) is 0 Å². The third kappa shape index (κ3) is 4.25. The third-order valence-electron chi connectivity index (χ3n) is 4.96. The number of carbonyl (C=O) groups is 1. The fourth-order valence-electron chi connectivity index (χ4n) is 3.35. The Morgan fingerprint density at radius 3 is 2.76 bits per heavy atom. The van der Waals surface area contributed by atoms with Crippen LogP contribution in [-0.4, -0.2) is 34.0 Å². The highest BCUT2D eigenvalue weighted by molar-refractivity contribution is 5.88. The Hall–Kier alpha value is -3.32. The molecule has 3 heterocycles. The Labute approximate surface area is 169 Å². The van der Waals surface area contributed by atoms with E-state index in [1.807, 2.05) is 55.5 Å². The molecule has 4 rings (SSSR count). The lowest BCUT2D eigenvalue weighted by Gasteiger charge is -2.33. The van der Waals surface area contributed by atoms with Crippen molar-refractivity contribution in [2.75, 3.05) is 18.5 Å². The summed E-state index contributed by atoms with van der Waals surface area (Å²) in [5, 5.41) is 6.20. The number of hydrogen-bond donors (Lipinski definition) is 2. The second-order valence-electron chi connectivity index (χ2n) is 7.21. The van der Waals surface area contributed by atoms with E-state index in [2.05, 4.69) is 25.6 Å². The molecular weight excluding hydrogens is 366 g/mol. The molecule has 2 N–H and O–H groups in total. The van der Waals surface area contributed by atoms with Crippen LogP contribution in [0, 0.1) is 0 Å². The van der Waals surface area contributed by atoms with Crippen LogP contribution in [0.2, 0.25) is 0 Å². The Bertz CT molecular complexity index is 981. The molecule has 3 aromatic rings. The van der Waals surface area contributed by atoms with Gasteiger partial charge in [0.2, 0.25) is 11.9 Å². The monoisotopic (exact) mass is 389 g/mol. The fraction of sp³-hybridized carbons (Fsp3) is 0.273. The van der Waals surface area contributed by atoms with E-state index in [-0.39, 0.29) is 12.5 Å². The van der Waals surface area contributed by atoms with Crippen LogP contribution in [0.1, 0.15) is 23.9 Å². The summed E-state index contributed by atoms with van der Waals surface area (Å²) in [6, 6.07) is 15.5. The zero-order valence-corrected chi connectivity index (χ0v) is 16.3. The lowest BCUT2D eigenvalue weighted by molar-refractivity contribution is -0.129. The average molecular weight is 389 g/mol. The molecule has 7 nitrogen and oxygen atoms in total. The average Bonchev–Trinajstić information content (AvgIpc) is 2.76. The van der Waals surface area contributed by atoms with Gasteiger partial charge in [0, 0.05) is 42.3 Å². The van der Waals surface area contributed by atoms with Crippen molar-refractivity contribution in [2.24, 2.45) is 0 Å². The van der Waals surface area contributed by atoms with E-state index in [0.29, 0.717) is 31.2 Å². The van der Waals surface area contributed by atoms with Crippen molar-refractivity contribution >= 4 is 17.5 Å². The molecule has 1 aliphatic heterocycles. The summed E-state index contributed by atoms with van der Waals surface area (Å²) in [5.41, 5.74) is 2.48. The second-order valence-corrected chi connectivity index (χ2v) is 7.21. The first kappa shape index (κ1) is 19.0. The van der Waals surface area contributed by atoms with Crippen molar-refractivity contribution in [1.82, 2.24) is 20.3 Å². The van der Waals surface area contributed by atoms with E-state index < -0.39 is 5.41 Å². The number of pyridine rings is 1. The number of ether oxygens (including phenoxy) is 1. The van der Waals surface area contributed by atoms with Crippen molar-refractivity contribution in [3.05, 3.63) is 77.9 Å². The van der Waals surface area contributed by atoms with Gasteiger partial charge in [-0.25, -0.2) is 9.97 Å². The minimum Gasteiger partial charge on any atom is -0.375 e. The molecular formula is C22H23N5O2. The maximum absolute atomic E-state index is 13.1. The van der Waals surface area contributed by atoms with Crippen LogP contribution < -0.4 is 10.6 Å². The summed E-state index contributed by atoms with van der Waals surface area (Å²) in [6.45, 7) is 3.04. The summed E-state index contributed by atoms with van der Waals surface area (Å²) in [4.78, 5) is 26.4. The molecule has 1 aliphatic rings. The Kier molecular flexibility index (Phi) is 5.48. The van der Waals surface area contributed by atoms with E-state index in [4.69, 9.17) is 4.74 Å². The van der Waals surface area contributed by atoms with E-state index in [1.165, 1.54) is 0 Å². The van der Waals surface area contributed by atoms with Gasteiger partial charge >= 0.3 is 0 Å². The summed E-state index contributed by atoms with van der Waals surface area (Å²) >= 11 is 0. The number of nitrogens with zero attached hydrogens (tertiary/aromatic N) is 3. The highest BCUT2D eigenvalue weighted by atomic mass is 16.5. The molecule has 7 heteroatoms. The summed E-state index contributed by atoms with van der Waals surface area (Å²) in [6.07, 6.45) is 4.15. The van der Waals surface area contributed by atoms with Crippen molar-refractivity contribution in [3.8, 4) is 0 Å². The summed E-state index contributed by atoms with van der Waals surface area (Å²) < 4.78 is 5.68. The molecule has 1 amide bonds. The largest absolute Gasteiger partial charge is 0.375 e. The molecule has 0 aliphatic carbocycles. The molecule has 2 aromatic heterocycles. The maximum Gasteiger partial charge on any atom is 0.234 e. The Morgan fingerprint density at radius 2 is 1.97 bits per heavy atom. The fourth-order valence-corrected chi connectivity index (χ4v) is 3.35. The van der Waals surface area contributed by atoms with E-state index in [1.54, 1.807) is 12.4 Å². The van der Waals surface area contributed by atoms with E-state index >= 15 is 0 Å². The molecule has 0 radical (unpaired) electrons. The predicted molar refractivity (Wildman–Crippen MR) is 110 cm³/mol. The first-order chi connectivity index (χ1) is 14.1. The molecule has 0 fully saturated rings. The van der Waals surface area contributed by atoms with Crippen molar-refractivity contribution in [1.29, 1.82) is 0 Å². The number of para-hydroxylation sites is 1. The Morgan fingerprint density at radius 1 is 1.14 bits per heavy atom. The number of carbonyl (C=O) groups excluding carboxylic acids is 1. The van der Waals surface area contributed by atoms with Crippen LogP contribution in [-0.2, 0) is 28.0 Å². The van der Waals surface area contributed by atoms with Gasteiger partial charge < -0.3 is 15.4 Å². The number of anilines is 2. The molecule has 0 bridgehead atoms. The first-order valence-electron chi connectivity index (χ1n) is 9.59. The Balaban J connectivity index is 1.50. The summed E-state index contributed by atoms with van der Waals surface area (Å²) in [7, 11) is 0. The van der Waals surface area contributed by atoms with Gasteiger partial charge in [-0.1, -0.05) is 24.3 Å². The molecule has 148 valence electrons. The molecule has 1 unspecified atom stereocenters. The third-order valence-corrected chi connectivity index (χ3v) is 4.96. The normalized spacial score (nSPS) is 18.0. The van der Waals surface area contributed by atoms with E-state index in [0.717, 1.165) is 16.9 Å². The number of nitrogens with one attached hydrogen (secondary N) is 2. The van der Waals surface area contributed by atoms with Crippen LogP contribution in [0.4, 0.5) is 11.6 Å². The SMILES string of the molecule is CC1(C(=O)NCCc2ccccn2)COCc2cnc(Nc3ccccc3)nc21. The number of rotatable bonds is 6. The van der Waals surface area contributed by atoms with Gasteiger partial charge in [-0.2, -0.15) is 0 Å². The van der Waals surface area contributed by atoms with E-state index in [9.17, 15) is 4.79 Å². The van der Waals surface area contributed by atoms with Crippen molar-refractivity contribution in [2.45, 2.75) is 25.4 Å². The standard InChI is InChI=1S/C22H23N5O2/c1-22(20(28)24-12-10-17-7-5-6-11-23-17)15-29-14-16-13-25-21(27-19(16)22)26-18-8-3-2-4-9-18/h2-9,11,13H,10,12,14-15H2,1H3,(H,24,28)(H,25,26,27). The number of amides is 1. The minimum atomic E-state index is -0.881. The summed E-state index contributed by atoms with van der Waals surface area (Å²) in [5.74, 6) is 0.350. The van der Waals surface area contributed by atoms with Crippen LogP contribution in [0.3, 0.4) is 0 Å². The molecule has 1 atom stereocenters. The maximum atomic E-state index is 13.1. The molecule has 0 saturated heterocycles. The lowest BCUT2D eigenvalue weighted by Crippen LogP contribution is -2.49. The van der Waals surface area contributed by atoms with Gasteiger partial charge in [-0.05, 0) is 31.2 Å². The highest BCUT2D eigenvalue weighted by Crippen LogP contribution is 2.32. The number of benzene rings is 1. The zero-order valence-electron chi connectivity index (χ0n) is 16.3. The zero-order chi connectivity index (χ0) is 20.1. The lowest BCUT2D eigenvalue weighted by atomic mass is 9.82. The van der Waals surface area contributed by atoms with Gasteiger partial charge in [0.1, 0.15) is 5.41 Å².